The third-order valence-electron chi connectivity index (χ3n) is 12.1. The predicted octanol–water partition coefficient (Wildman–Crippen LogP) is 16.7. The average Bonchev–Trinajstić information content (AvgIpc) is 3.30. The zero-order valence-electron chi connectivity index (χ0n) is 42.6. The molecule has 0 aromatic carbocycles. The quantitative estimate of drug-likeness (QED) is 0.0245. The van der Waals surface area contributed by atoms with Crippen LogP contribution in [0.1, 0.15) is 252 Å². The molecule has 0 aromatic rings. The summed E-state index contributed by atoms with van der Waals surface area (Å²) in [6.07, 6.45) is 67.9. The van der Waals surface area contributed by atoms with Crippen LogP contribution in [0.4, 0.5) is 0 Å². The molecule has 0 aliphatic rings. The van der Waals surface area contributed by atoms with Gasteiger partial charge in [-0.1, -0.05) is 241 Å². The molecule has 65 heavy (non-hydrogen) atoms. The van der Waals surface area contributed by atoms with Crippen LogP contribution < -0.4 is 5.32 Å². The minimum absolute atomic E-state index is 0.0386. The summed E-state index contributed by atoms with van der Waals surface area (Å²) in [6.45, 7) is 6.31. The molecule has 0 saturated carbocycles. The maximum absolute atomic E-state index is 13.2. The lowest BCUT2D eigenvalue weighted by Gasteiger charge is -2.24. The number of esters is 1. The Morgan fingerprint density at radius 1 is 0.477 bits per heavy atom. The molecule has 0 fully saturated rings. The monoisotopic (exact) mass is 906 g/mol. The van der Waals surface area contributed by atoms with Gasteiger partial charge in [-0.25, -0.2) is 0 Å². The summed E-state index contributed by atoms with van der Waals surface area (Å²) in [5, 5.41) is 23.8. The van der Waals surface area contributed by atoms with Gasteiger partial charge in [0.05, 0.1) is 25.2 Å². The van der Waals surface area contributed by atoms with Gasteiger partial charge in [-0.05, 0) is 83.5 Å². The van der Waals surface area contributed by atoms with E-state index in [-0.39, 0.29) is 24.9 Å². The molecule has 0 saturated heterocycles. The summed E-state index contributed by atoms with van der Waals surface area (Å²) in [4.78, 5) is 26.2. The lowest BCUT2D eigenvalue weighted by Crippen LogP contribution is -2.46. The van der Waals surface area contributed by atoms with E-state index >= 15 is 0 Å². The van der Waals surface area contributed by atoms with Crippen LogP contribution in [-0.4, -0.2) is 46.9 Å². The Labute approximate surface area is 402 Å². The number of ether oxygens (including phenoxy) is 1. The summed E-state index contributed by atoms with van der Waals surface area (Å²) in [5.74, 6) is -0.540. The van der Waals surface area contributed by atoms with Gasteiger partial charge >= 0.3 is 5.97 Å². The van der Waals surface area contributed by atoms with Crippen LogP contribution in [0.15, 0.2) is 85.1 Å². The first-order valence-electron chi connectivity index (χ1n) is 27.4. The fraction of sp³-hybridized carbons (Fsp3) is 0.729. The largest absolute Gasteiger partial charge is 0.462 e. The molecule has 0 aliphatic carbocycles. The highest BCUT2D eigenvalue weighted by molar-refractivity contribution is 5.77. The first-order valence-corrected chi connectivity index (χ1v) is 27.4. The van der Waals surface area contributed by atoms with Crippen molar-refractivity contribution in [3.63, 3.8) is 0 Å². The van der Waals surface area contributed by atoms with Gasteiger partial charge in [-0.3, -0.25) is 9.59 Å². The van der Waals surface area contributed by atoms with Crippen LogP contribution in [0.2, 0.25) is 0 Å². The highest BCUT2D eigenvalue weighted by Crippen LogP contribution is 2.17. The highest BCUT2D eigenvalue weighted by atomic mass is 16.5. The summed E-state index contributed by atoms with van der Waals surface area (Å²) in [6, 6.07) is -0.724. The second kappa shape index (κ2) is 52.0. The van der Waals surface area contributed by atoms with Crippen molar-refractivity contribution in [1.82, 2.24) is 5.32 Å². The van der Waals surface area contributed by atoms with Gasteiger partial charge in [0, 0.05) is 6.42 Å². The maximum atomic E-state index is 13.2. The third kappa shape index (κ3) is 47.3. The molecule has 6 heteroatoms. The Bertz CT molecular complexity index is 1250. The fourth-order valence-electron chi connectivity index (χ4n) is 7.92. The zero-order valence-corrected chi connectivity index (χ0v) is 42.6. The minimum Gasteiger partial charge on any atom is -0.462 e. The number of carbonyl (C=O) groups is 2. The molecule has 3 atom stereocenters. The van der Waals surface area contributed by atoms with E-state index in [2.05, 4.69) is 86.8 Å². The Hall–Kier alpha value is -2.96. The van der Waals surface area contributed by atoms with E-state index in [0.717, 1.165) is 96.3 Å². The minimum atomic E-state index is -0.807. The number of amides is 1. The maximum Gasteiger partial charge on any atom is 0.306 e. The number of aliphatic hydroxyl groups is 2. The standard InChI is InChI=1S/C59H103NO5/c1-4-7-10-13-16-19-22-25-27-29-31-34-37-40-43-46-49-52-59(64)65-55(50-47-44-41-38-35-32-24-21-18-15-12-9-6-3)53-58(63)60-56(54-61)57(62)51-48-45-42-39-36-33-30-28-26-23-20-17-14-11-8-5-2/h9,12,15-16,18-19,21,24-25,27,31-32,34-35,55-57,61-62H,4-8,10-11,13-14,17,20,22-23,26,28-30,33,36-54H2,1-3H3,(H,60,63)/b12-9+,18-15+,19-16-,24-21+,27-25-,34-31-,35-32-. The molecule has 6 nitrogen and oxygen atoms in total. The van der Waals surface area contributed by atoms with Gasteiger partial charge < -0.3 is 20.3 Å². The fourth-order valence-corrected chi connectivity index (χ4v) is 7.92. The summed E-state index contributed by atoms with van der Waals surface area (Å²) in [5.41, 5.74) is 0. The van der Waals surface area contributed by atoms with E-state index in [1.807, 2.05) is 24.3 Å². The van der Waals surface area contributed by atoms with Crippen molar-refractivity contribution in [3.8, 4) is 0 Å². The van der Waals surface area contributed by atoms with Gasteiger partial charge in [0.2, 0.25) is 5.91 Å². The van der Waals surface area contributed by atoms with Crippen molar-refractivity contribution < 1.29 is 24.5 Å². The third-order valence-corrected chi connectivity index (χ3v) is 12.1. The lowest BCUT2D eigenvalue weighted by molar-refractivity contribution is -0.151. The Morgan fingerprint density at radius 2 is 0.892 bits per heavy atom. The molecule has 0 aromatic heterocycles. The number of nitrogens with one attached hydrogen (secondary N) is 1. The molecular weight excluding hydrogens is 803 g/mol. The van der Waals surface area contributed by atoms with Crippen LogP contribution in [-0.2, 0) is 14.3 Å². The van der Waals surface area contributed by atoms with Crippen molar-refractivity contribution in [1.29, 1.82) is 0 Å². The van der Waals surface area contributed by atoms with E-state index < -0.39 is 18.2 Å². The van der Waals surface area contributed by atoms with E-state index in [9.17, 15) is 19.8 Å². The Balaban J connectivity index is 4.63. The van der Waals surface area contributed by atoms with Crippen molar-refractivity contribution in [2.75, 3.05) is 6.61 Å². The van der Waals surface area contributed by atoms with Gasteiger partial charge in [-0.15, -0.1) is 0 Å². The molecule has 3 unspecified atom stereocenters. The van der Waals surface area contributed by atoms with E-state index in [0.29, 0.717) is 19.3 Å². The van der Waals surface area contributed by atoms with E-state index in [1.54, 1.807) is 0 Å². The van der Waals surface area contributed by atoms with Crippen LogP contribution in [0, 0.1) is 0 Å². The highest BCUT2D eigenvalue weighted by Gasteiger charge is 2.24. The number of hydrogen-bond donors (Lipinski definition) is 3. The second-order valence-corrected chi connectivity index (χ2v) is 18.3. The van der Waals surface area contributed by atoms with Gasteiger partial charge in [0.1, 0.15) is 6.10 Å². The normalized spacial score (nSPS) is 13.9. The van der Waals surface area contributed by atoms with Crippen LogP contribution in [0.5, 0.6) is 0 Å². The Morgan fingerprint density at radius 3 is 1.45 bits per heavy atom. The molecule has 1 amide bonds. The molecule has 0 rings (SSSR count). The number of hydrogen-bond acceptors (Lipinski definition) is 5. The molecule has 0 spiro atoms. The van der Waals surface area contributed by atoms with Gasteiger partial charge in [-0.2, -0.15) is 0 Å². The average molecular weight is 906 g/mol. The smallest absolute Gasteiger partial charge is 0.306 e. The molecule has 374 valence electrons. The van der Waals surface area contributed by atoms with Crippen molar-refractivity contribution in [2.24, 2.45) is 0 Å². The van der Waals surface area contributed by atoms with Crippen molar-refractivity contribution in [2.45, 2.75) is 270 Å². The van der Waals surface area contributed by atoms with Crippen molar-refractivity contribution in [3.05, 3.63) is 85.1 Å². The molecule has 0 aliphatic heterocycles. The lowest BCUT2D eigenvalue weighted by atomic mass is 10.0. The molecule has 0 heterocycles. The number of rotatable bonds is 48. The Kier molecular flexibility index (Phi) is 49.6. The van der Waals surface area contributed by atoms with Gasteiger partial charge in [0.15, 0.2) is 0 Å². The topological polar surface area (TPSA) is 95.9 Å². The predicted molar refractivity (Wildman–Crippen MR) is 282 cm³/mol. The van der Waals surface area contributed by atoms with E-state index in [1.165, 1.54) is 109 Å². The zero-order chi connectivity index (χ0) is 47.4. The van der Waals surface area contributed by atoms with E-state index in [4.69, 9.17) is 4.74 Å². The number of unbranched alkanes of at least 4 members (excludes halogenated alkanes) is 25. The molecule has 3 N–H and O–H groups in total. The summed E-state index contributed by atoms with van der Waals surface area (Å²) >= 11 is 0. The SMILES string of the molecule is CC/C=C/C=C/C=C/C=C\CCCCCC(CC(=O)NC(CO)C(O)CCCCCCCCCCCCCCCCCC)OC(=O)CCCCCC/C=C\C/C=C\C/C=C\CCCCC. The van der Waals surface area contributed by atoms with Gasteiger partial charge in [0.25, 0.3) is 0 Å². The van der Waals surface area contributed by atoms with Crippen molar-refractivity contribution >= 4 is 11.9 Å². The van der Waals surface area contributed by atoms with Crippen LogP contribution in [0.3, 0.4) is 0 Å². The number of allylic oxidation sites excluding steroid dienone is 14. The second-order valence-electron chi connectivity index (χ2n) is 18.3. The summed E-state index contributed by atoms with van der Waals surface area (Å²) < 4.78 is 5.92. The number of carbonyl (C=O) groups excluding carboxylic acids is 2. The molecular formula is C59H103NO5. The first kappa shape index (κ1) is 62.0. The molecule has 0 radical (unpaired) electrons. The summed E-state index contributed by atoms with van der Waals surface area (Å²) in [7, 11) is 0. The van der Waals surface area contributed by atoms with Crippen LogP contribution >= 0.6 is 0 Å². The number of aliphatic hydroxyl groups excluding tert-OH is 2. The molecule has 0 bridgehead atoms. The van der Waals surface area contributed by atoms with Crippen LogP contribution in [0.25, 0.3) is 0 Å². The first-order chi connectivity index (χ1) is 32.0.